The molecule has 0 saturated heterocycles. The van der Waals surface area contributed by atoms with Crippen molar-refractivity contribution in [3.8, 4) is 0 Å². The summed E-state index contributed by atoms with van der Waals surface area (Å²) in [6.07, 6.45) is 15.4. The highest BCUT2D eigenvalue weighted by Gasteiger charge is 2.37. The van der Waals surface area contributed by atoms with E-state index in [4.69, 9.17) is 0 Å². The minimum Gasteiger partial charge on any atom is -0.307 e. The molecule has 0 aliphatic heterocycles. The maximum atomic E-state index is 4.22. The number of pyridine rings is 1. The van der Waals surface area contributed by atoms with Gasteiger partial charge in [-0.05, 0) is 62.5 Å². The first kappa shape index (κ1) is 13.1. The molecule has 1 spiro atoms. The molecule has 1 aromatic heterocycles. The van der Waals surface area contributed by atoms with Gasteiger partial charge in [-0.3, -0.25) is 4.98 Å². The normalized spacial score (nSPS) is 24.7. The third-order valence-corrected chi connectivity index (χ3v) is 5.38. The lowest BCUT2D eigenvalue weighted by molar-refractivity contribution is 0.164. The summed E-state index contributed by atoms with van der Waals surface area (Å²) in [6, 6.07) is 5.34. The molecule has 2 fully saturated rings. The molecule has 2 aliphatic carbocycles. The summed E-state index contributed by atoms with van der Waals surface area (Å²) in [6.45, 7) is 2.26. The van der Waals surface area contributed by atoms with Crippen LogP contribution in [0.1, 0.15) is 69.9 Å². The number of nitrogens with zero attached hydrogens (tertiary/aromatic N) is 1. The fourth-order valence-electron chi connectivity index (χ4n) is 4.10. The molecule has 2 saturated carbocycles. The van der Waals surface area contributed by atoms with Crippen LogP contribution in [0.3, 0.4) is 0 Å². The van der Waals surface area contributed by atoms with Crippen molar-refractivity contribution in [3.63, 3.8) is 0 Å². The van der Waals surface area contributed by atoms with Crippen molar-refractivity contribution in [2.45, 2.75) is 70.4 Å². The molecule has 0 amide bonds. The number of hydrogen-bond acceptors (Lipinski definition) is 2. The lowest BCUT2D eigenvalue weighted by atomic mass is 9.71. The van der Waals surface area contributed by atoms with Crippen LogP contribution in [-0.2, 0) is 0 Å². The van der Waals surface area contributed by atoms with Gasteiger partial charge in [-0.1, -0.05) is 18.9 Å². The third-order valence-electron chi connectivity index (χ3n) is 5.38. The average Bonchev–Trinajstić information content (AvgIpc) is 2.91. The summed E-state index contributed by atoms with van der Waals surface area (Å²) < 4.78 is 0. The first-order valence-electron chi connectivity index (χ1n) is 7.93. The van der Waals surface area contributed by atoms with Crippen LogP contribution in [0, 0.1) is 5.41 Å². The third kappa shape index (κ3) is 3.00. The van der Waals surface area contributed by atoms with Crippen LogP contribution in [0.15, 0.2) is 24.5 Å². The maximum absolute atomic E-state index is 4.22. The molecule has 1 atom stereocenters. The molecule has 0 bridgehead atoms. The van der Waals surface area contributed by atoms with E-state index in [-0.39, 0.29) is 0 Å². The first-order chi connectivity index (χ1) is 9.27. The van der Waals surface area contributed by atoms with E-state index in [9.17, 15) is 0 Å². The van der Waals surface area contributed by atoms with Crippen LogP contribution >= 0.6 is 0 Å². The van der Waals surface area contributed by atoms with E-state index < -0.39 is 0 Å². The predicted molar refractivity (Wildman–Crippen MR) is 78.9 cm³/mol. The lowest BCUT2D eigenvalue weighted by Gasteiger charge is -2.38. The predicted octanol–water partition coefficient (Wildman–Crippen LogP) is 4.24. The fraction of sp³-hybridized carbons (Fsp3) is 0.706. The lowest BCUT2D eigenvalue weighted by Crippen LogP contribution is -2.38. The largest absolute Gasteiger partial charge is 0.307 e. The average molecular weight is 258 g/mol. The second-order valence-electron chi connectivity index (χ2n) is 6.66. The smallest absolute Gasteiger partial charge is 0.0315 e. The van der Waals surface area contributed by atoms with Crippen LogP contribution in [0.5, 0.6) is 0 Å². The zero-order chi connectivity index (χ0) is 13.1. The second kappa shape index (κ2) is 5.62. The summed E-state index contributed by atoms with van der Waals surface area (Å²) in [4.78, 5) is 4.22. The summed E-state index contributed by atoms with van der Waals surface area (Å²) >= 11 is 0. The summed E-state index contributed by atoms with van der Waals surface area (Å²) in [5.41, 5.74) is 2.05. The van der Waals surface area contributed by atoms with E-state index in [2.05, 4.69) is 23.3 Å². The summed E-state index contributed by atoms with van der Waals surface area (Å²) in [5.74, 6) is 0. The highest BCUT2D eigenvalue weighted by atomic mass is 14.9. The van der Waals surface area contributed by atoms with Gasteiger partial charge >= 0.3 is 0 Å². The van der Waals surface area contributed by atoms with Gasteiger partial charge in [-0.25, -0.2) is 0 Å². The standard InChI is InChI=1S/C17H26N2/c1-14(15-5-4-12-18-13-15)19-16-6-10-17(11-7-16)8-2-3-9-17/h4-5,12-14,16,19H,2-3,6-11H2,1H3. The Morgan fingerprint density at radius 3 is 2.58 bits per heavy atom. The van der Waals surface area contributed by atoms with Gasteiger partial charge in [0.25, 0.3) is 0 Å². The Morgan fingerprint density at radius 2 is 1.95 bits per heavy atom. The molecule has 2 nitrogen and oxygen atoms in total. The molecule has 2 aliphatic rings. The van der Waals surface area contributed by atoms with Gasteiger partial charge in [-0.2, -0.15) is 0 Å². The Balaban J connectivity index is 1.52. The molecule has 3 rings (SSSR count). The van der Waals surface area contributed by atoms with Crippen LogP contribution in [0.2, 0.25) is 0 Å². The minimum absolute atomic E-state index is 0.427. The Hall–Kier alpha value is -0.890. The number of aromatic nitrogens is 1. The molecular formula is C17H26N2. The summed E-state index contributed by atoms with van der Waals surface area (Å²) in [5, 5.41) is 3.80. The Labute approximate surface area is 117 Å². The minimum atomic E-state index is 0.427. The molecule has 1 unspecified atom stereocenters. The zero-order valence-corrected chi connectivity index (χ0v) is 12.1. The van der Waals surface area contributed by atoms with Gasteiger partial charge in [0.2, 0.25) is 0 Å². The fourth-order valence-corrected chi connectivity index (χ4v) is 4.10. The van der Waals surface area contributed by atoms with Gasteiger partial charge in [0.05, 0.1) is 0 Å². The van der Waals surface area contributed by atoms with Crippen molar-refractivity contribution in [2.24, 2.45) is 5.41 Å². The van der Waals surface area contributed by atoms with Crippen molar-refractivity contribution >= 4 is 0 Å². The quantitative estimate of drug-likeness (QED) is 0.877. The van der Waals surface area contributed by atoms with Crippen molar-refractivity contribution in [1.29, 1.82) is 0 Å². The SMILES string of the molecule is CC(NC1CCC2(CCCC2)CC1)c1cccnc1. The van der Waals surface area contributed by atoms with Crippen molar-refractivity contribution in [1.82, 2.24) is 10.3 Å². The van der Waals surface area contributed by atoms with E-state index in [1.165, 1.54) is 56.9 Å². The number of nitrogens with one attached hydrogen (secondary N) is 1. The number of hydrogen-bond donors (Lipinski definition) is 1. The van der Waals surface area contributed by atoms with E-state index in [0.29, 0.717) is 12.1 Å². The zero-order valence-electron chi connectivity index (χ0n) is 12.1. The molecule has 0 aromatic carbocycles. The first-order valence-corrected chi connectivity index (χ1v) is 7.93. The van der Waals surface area contributed by atoms with Crippen LogP contribution in [-0.4, -0.2) is 11.0 Å². The van der Waals surface area contributed by atoms with Gasteiger partial charge in [0.15, 0.2) is 0 Å². The van der Waals surface area contributed by atoms with Crippen molar-refractivity contribution in [3.05, 3.63) is 30.1 Å². The second-order valence-corrected chi connectivity index (χ2v) is 6.66. The Morgan fingerprint density at radius 1 is 1.21 bits per heavy atom. The highest BCUT2D eigenvalue weighted by molar-refractivity contribution is 5.13. The van der Waals surface area contributed by atoms with Crippen LogP contribution in [0.4, 0.5) is 0 Å². The number of rotatable bonds is 3. The molecule has 19 heavy (non-hydrogen) atoms. The molecule has 104 valence electrons. The molecule has 0 radical (unpaired) electrons. The van der Waals surface area contributed by atoms with E-state index in [0.717, 1.165) is 5.41 Å². The summed E-state index contributed by atoms with van der Waals surface area (Å²) in [7, 11) is 0. The van der Waals surface area contributed by atoms with E-state index in [1.54, 1.807) is 0 Å². The van der Waals surface area contributed by atoms with Gasteiger partial charge < -0.3 is 5.32 Å². The van der Waals surface area contributed by atoms with E-state index in [1.807, 2.05) is 18.5 Å². The monoisotopic (exact) mass is 258 g/mol. The van der Waals surface area contributed by atoms with Gasteiger partial charge in [-0.15, -0.1) is 0 Å². The molecule has 1 heterocycles. The Kier molecular flexibility index (Phi) is 3.88. The van der Waals surface area contributed by atoms with Gasteiger partial charge in [0, 0.05) is 24.5 Å². The van der Waals surface area contributed by atoms with Crippen LogP contribution < -0.4 is 5.32 Å². The molecule has 2 heteroatoms. The molecule has 1 aromatic rings. The van der Waals surface area contributed by atoms with Crippen molar-refractivity contribution < 1.29 is 0 Å². The van der Waals surface area contributed by atoms with Gasteiger partial charge in [0.1, 0.15) is 0 Å². The topological polar surface area (TPSA) is 24.9 Å². The Bertz CT molecular complexity index is 385. The van der Waals surface area contributed by atoms with E-state index >= 15 is 0 Å². The highest BCUT2D eigenvalue weighted by Crippen LogP contribution is 2.49. The molecular weight excluding hydrogens is 232 g/mol. The maximum Gasteiger partial charge on any atom is 0.0315 e. The molecule has 1 N–H and O–H groups in total. The van der Waals surface area contributed by atoms with Crippen molar-refractivity contribution in [2.75, 3.05) is 0 Å². The van der Waals surface area contributed by atoms with Crippen LogP contribution in [0.25, 0.3) is 0 Å².